The van der Waals surface area contributed by atoms with Crippen LogP contribution in [0.5, 0.6) is 0 Å². The van der Waals surface area contributed by atoms with E-state index in [0.717, 1.165) is 36.1 Å². The van der Waals surface area contributed by atoms with E-state index >= 15 is 0 Å². The molecule has 3 unspecified atom stereocenters. The maximum Gasteiger partial charge on any atom is 0.0812 e. The summed E-state index contributed by atoms with van der Waals surface area (Å²) in [7, 11) is 6.83. The zero-order chi connectivity index (χ0) is 22.8. The van der Waals surface area contributed by atoms with E-state index in [-0.39, 0.29) is 0 Å². The maximum atomic E-state index is 6.17. The molecule has 1 heterocycles. The fourth-order valence-electron chi connectivity index (χ4n) is 5.00. The molecule has 0 bridgehead atoms. The molecule has 1 aliphatic heterocycles. The van der Waals surface area contributed by atoms with Crippen LogP contribution in [0.25, 0.3) is 0 Å². The number of hydrogen-bond acceptors (Lipinski definition) is 2. The number of unbranched alkanes of at least 4 members (excludes halogenated alkanes) is 10. The molecule has 0 aromatic heterocycles. The normalized spacial score (nSPS) is 20.4. The van der Waals surface area contributed by atoms with E-state index in [9.17, 15) is 0 Å². The largest absolute Gasteiger partial charge is 0.379 e. The van der Waals surface area contributed by atoms with Gasteiger partial charge in [0.15, 0.2) is 0 Å². The Balaban J connectivity index is 2.16. The zero-order valence-electron chi connectivity index (χ0n) is 22.1. The van der Waals surface area contributed by atoms with Crippen molar-refractivity contribution in [1.82, 2.24) is 0 Å². The molecule has 0 radical (unpaired) electrons. The SMILES string of the molecule is CCCCCCCCC(CCCCC)C1COC(COCCCCCC[N+](C)(C)C)C1. The lowest BCUT2D eigenvalue weighted by Gasteiger charge is -2.23. The van der Waals surface area contributed by atoms with Crippen LogP contribution < -0.4 is 0 Å². The topological polar surface area (TPSA) is 18.5 Å². The minimum Gasteiger partial charge on any atom is -0.379 e. The summed E-state index contributed by atoms with van der Waals surface area (Å²) in [6.07, 6.45) is 22.2. The monoisotopic (exact) mass is 440 g/mol. The minimum atomic E-state index is 0.349. The second-order valence-corrected chi connectivity index (χ2v) is 11.3. The first-order valence-electron chi connectivity index (χ1n) is 14.0. The lowest BCUT2D eigenvalue weighted by molar-refractivity contribution is -0.870. The van der Waals surface area contributed by atoms with E-state index < -0.39 is 0 Å². The Hall–Kier alpha value is -0.120. The van der Waals surface area contributed by atoms with Crippen molar-refractivity contribution in [3.8, 4) is 0 Å². The predicted molar refractivity (Wildman–Crippen MR) is 136 cm³/mol. The molecule has 186 valence electrons. The van der Waals surface area contributed by atoms with Crippen LogP contribution in [0.4, 0.5) is 0 Å². The van der Waals surface area contributed by atoms with E-state index in [1.54, 1.807) is 0 Å². The summed E-state index contributed by atoms with van der Waals surface area (Å²) in [6.45, 7) is 8.60. The second-order valence-electron chi connectivity index (χ2n) is 11.3. The highest BCUT2D eigenvalue weighted by atomic mass is 16.5. The summed E-state index contributed by atoms with van der Waals surface area (Å²) in [5.74, 6) is 1.65. The second kappa shape index (κ2) is 18.3. The third-order valence-electron chi connectivity index (χ3n) is 7.06. The van der Waals surface area contributed by atoms with Gasteiger partial charge < -0.3 is 14.0 Å². The number of rotatable bonds is 21. The zero-order valence-corrected chi connectivity index (χ0v) is 22.1. The quantitative estimate of drug-likeness (QED) is 0.135. The maximum absolute atomic E-state index is 6.17. The van der Waals surface area contributed by atoms with Crippen molar-refractivity contribution >= 4 is 0 Å². The van der Waals surface area contributed by atoms with E-state index in [1.165, 1.54) is 109 Å². The van der Waals surface area contributed by atoms with E-state index in [4.69, 9.17) is 9.47 Å². The Morgan fingerprint density at radius 1 is 0.774 bits per heavy atom. The Morgan fingerprint density at radius 2 is 1.35 bits per heavy atom. The van der Waals surface area contributed by atoms with Crippen molar-refractivity contribution < 1.29 is 14.0 Å². The molecular weight excluding hydrogens is 382 g/mol. The fraction of sp³-hybridized carbons (Fsp3) is 1.00. The van der Waals surface area contributed by atoms with Gasteiger partial charge in [0.05, 0.1) is 47.0 Å². The van der Waals surface area contributed by atoms with Gasteiger partial charge in [-0.3, -0.25) is 0 Å². The number of quaternary nitrogens is 1. The van der Waals surface area contributed by atoms with Crippen molar-refractivity contribution in [3.63, 3.8) is 0 Å². The van der Waals surface area contributed by atoms with Crippen LogP contribution in [-0.4, -0.2) is 58.1 Å². The molecule has 0 spiro atoms. The molecule has 0 aliphatic carbocycles. The average molecular weight is 441 g/mol. The molecular formula is C28H58NO2+. The van der Waals surface area contributed by atoms with Crippen molar-refractivity contribution in [2.75, 3.05) is 47.5 Å². The lowest BCUT2D eigenvalue weighted by atomic mass is 9.82. The van der Waals surface area contributed by atoms with Gasteiger partial charge in [-0.25, -0.2) is 0 Å². The Morgan fingerprint density at radius 3 is 2.06 bits per heavy atom. The van der Waals surface area contributed by atoms with E-state index in [0.29, 0.717) is 6.10 Å². The van der Waals surface area contributed by atoms with Gasteiger partial charge in [0.2, 0.25) is 0 Å². The molecule has 1 rings (SSSR count). The number of ether oxygens (including phenoxy) is 2. The highest BCUT2D eigenvalue weighted by molar-refractivity contribution is 4.79. The highest BCUT2D eigenvalue weighted by Crippen LogP contribution is 2.33. The third kappa shape index (κ3) is 16.2. The molecule has 1 aliphatic rings. The summed E-state index contributed by atoms with van der Waals surface area (Å²) in [5, 5.41) is 0. The molecule has 3 atom stereocenters. The minimum absolute atomic E-state index is 0.349. The van der Waals surface area contributed by atoms with Crippen LogP contribution in [0.15, 0.2) is 0 Å². The number of hydrogen-bond donors (Lipinski definition) is 0. The van der Waals surface area contributed by atoms with Gasteiger partial charge >= 0.3 is 0 Å². The van der Waals surface area contributed by atoms with Gasteiger partial charge in [-0.2, -0.15) is 0 Å². The molecule has 3 heteroatoms. The first-order valence-corrected chi connectivity index (χ1v) is 14.0. The Kier molecular flexibility index (Phi) is 17.1. The van der Waals surface area contributed by atoms with Crippen LogP contribution in [0.1, 0.15) is 117 Å². The molecule has 0 saturated carbocycles. The van der Waals surface area contributed by atoms with Crippen molar-refractivity contribution in [2.45, 2.75) is 123 Å². The van der Waals surface area contributed by atoms with Crippen LogP contribution in [0.2, 0.25) is 0 Å². The van der Waals surface area contributed by atoms with Gasteiger partial charge in [-0.05, 0) is 37.5 Å². The molecule has 0 amide bonds. The van der Waals surface area contributed by atoms with Gasteiger partial charge in [-0.15, -0.1) is 0 Å². The molecule has 1 saturated heterocycles. The van der Waals surface area contributed by atoms with Crippen LogP contribution in [0.3, 0.4) is 0 Å². The van der Waals surface area contributed by atoms with E-state index in [2.05, 4.69) is 35.0 Å². The van der Waals surface area contributed by atoms with Crippen molar-refractivity contribution in [3.05, 3.63) is 0 Å². The fourth-order valence-corrected chi connectivity index (χ4v) is 5.00. The lowest BCUT2D eigenvalue weighted by Crippen LogP contribution is -2.35. The van der Waals surface area contributed by atoms with Gasteiger partial charge in [0.1, 0.15) is 0 Å². The molecule has 0 aromatic carbocycles. The first kappa shape index (κ1) is 28.9. The summed E-state index contributed by atoms with van der Waals surface area (Å²) in [6, 6.07) is 0. The van der Waals surface area contributed by atoms with Gasteiger partial charge in [-0.1, -0.05) is 90.9 Å². The molecule has 1 fully saturated rings. The molecule has 31 heavy (non-hydrogen) atoms. The van der Waals surface area contributed by atoms with Gasteiger partial charge in [0, 0.05) is 6.61 Å². The summed E-state index contributed by atoms with van der Waals surface area (Å²) < 4.78 is 13.2. The number of nitrogens with zero attached hydrogens (tertiary/aromatic N) is 1. The summed E-state index contributed by atoms with van der Waals surface area (Å²) in [4.78, 5) is 0. The molecule has 0 aromatic rings. The standard InChI is InChI=1S/C28H58NO2/c1-6-8-10-11-12-16-20-26(19-15-9-7-2)27-23-28(31-24-27)25-30-22-18-14-13-17-21-29(3,4)5/h26-28H,6-25H2,1-5H3/q+1. The third-order valence-corrected chi connectivity index (χ3v) is 7.06. The molecule has 0 N–H and O–H groups in total. The van der Waals surface area contributed by atoms with Crippen molar-refractivity contribution in [2.24, 2.45) is 11.8 Å². The van der Waals surface area contributed by atoms with Crippen LogP contribution >= 0.6 is 0 Å². The smallest absolute Gasteiger partial charge is 0.0812 e. The van der Waals surface area contributed by atoms with Gasteiger partial charge in [0.25, 0.3) is 0 Å². The van der Waals surface area contributed by atoms with Crippen molar-refractivity contribution in [1.29, 1.82) is 0 Å². The average Bonchev–Trinajstić information content (AvgIpc) is 3.19. The molecule has 3 nitrogen and oxygen atoms in total. The Labute approximate surface area is 196 Å². The summed E-state index contributed by atoms with van der Waals surface area (Å²) in [5.41, 5.74) is 0. The predicted octanol–water partition coefficient (Wildman–Crippen LogP) is 7.62. The Bertz CT molecular complexity index is 393. The van der Waals surface area contributed by atoms with Crippen LogP contribution in [0, 0.1) is 11.8 Å². The highest BCUT2D eigenvalue weighted by Gasteiger charge is 2.31. The first-order chi connectivity index (χ1) is 15.0. The van der Waals surface area contributed by atoms with Crippen LogP contribution in [-0.2, 0) is 9.47 Å². The van der Waals surface area contributed by atoms with E-state index in [1.807, 2.05) is 0 Å². The summed E-state index contributed by atoms with van der Waals surface area (Å²) >= 11 is 0.